The van der Waals surface area contributed by atoms with Crippen LogP contribution in [0, 0.1) is 0 Å². The highest BCUT2D eigenvalue weighted by atomic mass is 16.5. The number of hydrogen-bond donors (Lipinski definition) is 2. The van der Waals surface area contributed by atoms with Gasteiger partial charge in [0.2, 0.25) is 5.91 Å². The Morgan fingerprint density at radius 2 is 2.00 bits per heavy atom. The number of carbonyl (C=O) groups is 2. The zero-order valence-corrected chi connectivity index (χ0v) is 15.1. The Morgan fingerprint density at radius 3 is 2.70 bits per heavy atom. The van der Waals surface area contributed by atoms with Gasteiger partial charge in [0.25, 0.3) is 5.91 Å². The minimum Gasteiger partial charge on any atom is -0.484 e. The molecule has 3 rings (SSSR count). The molecular weight excluding hydrogens is 344 g/mol. The maximum atomic E-state index is 12.1. The third-order valence-corrected chi connectivity index (χ3v) is 4.55. The molecule has 0 radical (unpaired) electrons. The Labute approximate surface area is 158 Å². The number of pyridine rings is 1. The van der Waals surface area contributed by atoms with E-state index in [1.165, 1.54) is 6.07 Å². The molecule has 0 aliphatic carbocycles. The van der Waals surface area contributed by atoms with Crippen molar-refractivity contribution in [2.24, 2.45) is 5.73 Å². The van der Waals surface area contributed by atoms with Crippen molar-refractivity contribution in [1.82, 2.24) is 15.2 Å². The standard InChI is InChI=1S/C20H24N4O3/c21-20(26)15-4-3-6-18(12-15)27-14-19(25)23-16-7-10-24(11-8-16)13-17-5-1-2-9-22-17/h1-6,9,12,16H,7-8,10-11,13-14H2,(H2,21,26)(H,23,25). The van der Waals surface area contributed by atoms with Crippen LogP contribution < -0.4 is 15.8 Å². The Morgan fingerprint density at radius 1 is 1.19 bits per heavy atom. The van der Waals surface area contributed by atoms with Crippen molar-refractivity contribution in [1.29, 1.82) is 0 Å². The van der Waals surface area contributed by atoms with Crippen molar-refractivity contribution in [3.63, 3.8) is 0 Å². The minimum absolute atomic E-state index is 0.0869. The molecule has 0 unspecified atom stereocenters. The summed E-state index contributed by atoms with van der Waals surface area (Å²) in [4.78, 5) is 30.0. The molecule has 1 fully saturated rings. The van der Waals surface area contributed by atoms with Crippen molar-refractivity contribution < 1.29 is 14.3 Å². The number of rotatable bonds is 7. The SMILES string of the molecule is NC(=O)c1cccc(OCC(=O)NC2CCN(Cc3ccccn3)CC2)c1. The van der Waals surface area contributed by atoms with E-state index < -0.39 is 5.91 Å². The van der Waals surface area contributed by atoms with Gasteiger partial charge in [-0.3, -0.25) is 19.5 Å². The number of benzene rings is 1. The van der Waals surface area contributed by atoms with Crippen LogP contribution in [0.2, 0.25) is 0 Å². The second-order valence-electron chi connectivity index (χ2n) is 6.62. The number of aromatic nitrogens is 1. The predicted octanol–water partition coefficient (Wildman–Crippen LogP) is 1.34. The van der Waals surface area contributed by atoms with Gasteiger partial charge in [-0.25, -0.2) is 0 Å². The highest BCUT2D eigenvalue weighted by Gasteiger charge is 2.21. The average molecular weight is 368 g/mol. The lowest BCUT2D eigenvalue weighted by Gasteiger charge is -2.32. The van der Waals surface area contributed by atoms with Crippen LogP contribution in [0.1, 0.15) is 28.9 Å². The summed E-state index contributed by atoms with van der Waals surface area (Å²) < 4.78 is 5.46. The Hall–Kier alpha value is -2.93. The van der Waals surface area contributed by atoms with E-state index in [0.717, 1.165) is 38.2 Å². The normalized spacial score (nSPS) is 15.3. The predicted molar refractivity (Wildman–Crippen MR) is 101 cm³/mol. The van der Waals surface area contributed by atoms with Gasteiger partial charge in [-0.15, -0.1) is 0 Å². The third kappa shape index (κ3) is 5.79. The number of primary amides is 1. The van der Waals surface area contributed by atoms with E-state index in [-0.39, 0.29) is 18.6 Å². The molecule has 1 aliphatic rings. The van der Waals surface area contributed by atoms with Gasteiger partial charge in [-0.05, 0) is 43.2 Å². The summed E-state index contributed by atoms with van der Waals surface area (Å²) in [6, 6.07) is 12.6. The molecule has 1 aliphatic heterocycles. The topological polar surface area (TPSA) is 97.6 Å². The van der Waals surface area contributed by atoms with Gasteiger partial charge in [-0.2, -0.15) is 0 Å². The van der Waals surface area contributed by atoms with E-state index in [4.69, 9.17) is 10.5 Å². The molecule has 7 nitrogen and oxygen atoms in total. The lowest BCUT2D eigenvalue weighted by atomic mass is 10.0. The molecule has 2 heterocycles. The van der Waals surface area contributed by atoms with Gasteiger partial charge in [-0.1, -0.05) is 12.1 Å². The molecule has 0 bridgehead atoms. The first-order chi connectivity index (χ1) is 13.1. The van der Waals surface area contributed by atoms with Gasteiger partial charge < -0.3 is 15.8 Å². The molecule has 0 atom stereocenters. The zero-order chi connectivity index (χ0) is 19.1. The minimum atomic E-state index is -0.526. The number of ether oxygens (including phenoxy) is 1. The summed E-state index contributed by atoms with van der Waals surface area (Å²) in [5, 5.41) is 3.01. The second-order valence-corrected chi connectivity index (χ2v) is 6.62. The third-order valence-electron chi connectivity index (χ3n) is 4.55. The van der Waals surface area contributed by atoms with E-state index in [1.54, 1.807) is 24.4 Å². The largest absolute Gasteiger partial charge is 0.484 e. The zero-order valence-electron chi connectivity index (χ0n) is 15.1. The molecule has 7 heteroatoms. The fourth-order valence-corrected chi connectivity index (χ4v) is 3.11. The number of nitrogens with one attached hydrogen (secondary N) is 1. The molecule has 3 N–H and O–H groups in total. The quantitative estimate of drug-likeness (QED) is 0.769. The second kappa shape index (κ2) is 9.14. The molecule has 142 valence electrons. The van der Waals surface area contributed by atoms with Gasteiger partial charge in [0, 0.05) is 37.4 Å². The number of amides is 2. The molecule has 2 aromatic rings. The van der Waals surface area contributed by atoms with Gasteiger partial charge in [0.1, 0.15) is 5.75 Å². The summed E-state index contributed by atoms with van der Waals surface area (Å²) in [5.74, 6) is -0.239. The first-order valence-corrected chi connectivity index (χ1v) is 9.04. The fraction of sp³-hybridized carbons (Fsp3) is 0.350. The number of nitrogens with two attached hydrogens (primary N) is 1. The highest BCUT2D eigenvalue weighted by molar-refractivity contribution is 5.93. The molecule has 0 spiro atoms. The average Bonchev–Trinajstić information content (AvgIpc) is 2.69. The van der Waals surface area contributed by atoms with E-state index in [9.17, 15) is 9.59 Å². The Kier molecular flexibility index (Phi) is 6.38. The van der Waals surface area contributed by atoms with Crippen molar-refractivity contribution in [2.45, 2.75) is 25.4 Å². The first kappa shape index (κ1) is 18.8. The Balaban J connectivity index is 1.39. The van der Waals surface area contributed by atoms with E-state index in [2.05, 4.69) is 15.2 Å². The number of nitrogens with zero attached hydrogens (tertiary/aromatic N) is 2. The molecular formula is C20H24N4O3. The first-order valence-electron chi connectivity index (χ1n) is 9.04. The molecule has 1 aromatic heterocycles. The molecule has 2 amide bonds. The van der Waals surface area contributed by atoms with Crippen molar-refractivity contribution in [3.8, 4) is 5.75 Å². The summed E-state index contributed by atoms with van der Waals surface area (Å²) in [5.41, 5.74) is 6.66. The van der Waals surface area contributed by atoms with E-state index >= 15 is 0 Å². The van der Waals surface area contributed by atoms with Crippen LogP contribution in [-0.4, -0.2) is 47.4 Å². The van der Waals surface area contributed by atoms with Gasteiger partial charge in [0.15, 0.2) is 6.61 Å². The molecule has 1 saturated heterocycles. The van der Waals surface area contributed by atoms with Gasteiger partial charge in [0.05, 0.1) is 5.69 Å². The molecule has 1 aromatic carbocycles. The van der Waals surface area contributed by atoms with Crippen molar-refractivity contribution in [2.75, 3.05) is 19.7 Å². The summed E-state index contributed by atoms with van der Waals surface area (Å²) in [6.45, 7) is 2.59. The fourth-order valence-electron chi connectivity index (χ4n) is 3.11. The maximum Gasteiger partial charge on any atom is 0.258 e. The molecule has 27 heavy (non-hydrogen) atoms. The lowest BCUT2D eigenvalue weighted by Crippen LogP contribution is -2.45. The van der Waals surface area contributed by atoms with Crippen molar-refractivity contribution in [3.05, 3.63) is 59.9 Å². The van der Waals surface area contributed by atoms with Crippen LogP contribution >= 0.6 is 0 Å². The maximum absolute atomic E-state index is 12.1. The highest BCUT2D eigenvalue weighted by Crippen LogP contribution is 2.14. The van der Waals surface area contributed by atoms with Crippen LogP contribution in [0.5, 0.6) is 5.75 Å². The summed E-state index contributed by atoms with van der Waals surface area (Å²) >= 11 is 0. The summed E-state index contributed by atoms with van der Waals surface area (Å²) in [6.07, 6.45) is 3.60. The summed E-state index contributed by atoms with van der Waals surface area (Å²) in [7, 11) is 0. The van der Waals surface area contributed by atoms with Crippen LogP contribution in [0.3, 0.4) is 0 Å². The Bertz CT molecular complexity index is 774. The van der Waals surface area contributed by atoms with E-state index in [1.807, 2.05) is 18.2 Å². The monoisotopic (exact) mass is 368 g/mol. The lowest BCUT2D eigenvalue weighted by molar-refractivity contribution is -0.124. The van der Waals surface area contributed by atoms with Gasteiger partial charge >= 0.3 is 0 Å². The number of carbonyl (C=O) groups excluding carboxylic acids is 2. The van der Waals surface area contributed by atoms with Crippen LogP contribution in [0.4, 0.5) is 0 Å². The molecule has 0 saturated carbocycles. The van der Waals surface area contributed by atoms with E-state index in [0.29, 0.717) is 11.3 Å². The number of likely N-dealkylation sites (tertiary alicyclic amines) is 1. The number of piperidine rings is 1. The van der Waals surface area contributed by atoms with Crippen LogP contribution in [0.15, 0.2) is 48.7 Å². The number of hydrogen-bond acceptors (Lipinski definition) is 5. The van der Waals surface area contributed by atoms with Crippen molar-refractivity contribution >= 4 is 11.8 Å². The smallest absolute Gasteiger partial charge is 0.258 e. The van der Waals surface area contributed by atoms with Crippen LogP contribution in [0.25, 0.3) is 0 Å². The van der Waals surface area contributed by atoms with Crippen LogP contribution in [-0.2, 0) is 11.3 Å².